The molecule has 122 valence electrons. The minimum Gasteiger partial charge on any atom is -0.497 e. The zero-order valence-electron chi connectivity index (χ0n) is 14.3. The Morgan fingerprint density at radius 3 is 2.39 bits per heavy atom. The van der Waals surface area contributed by atoms with Gasteiger partial charge in [-0.3, -0.25) is 4.79 Å². The molecule has 0 heterocycles. The second-order valence-corrected chi connectivity index (χ2v) is 6.68. The van der Waals surface area contributed by atoms with Gasteiger partial charge in [0, 0.05) is 12.1 Å². The quantitative estimate of drug-likeness (QED) is 0.907. The molecule has 0 atom stereocenters. The number of nitrogens with one attached hydrogen (secondary N) is 1. The molecule has 1 amide bonds. The molecule has 0 bridgehead atoms. The van der Waals surface area contributed by atoms with E-state index in [1.807, 2.05) is 48.5 Å². The SMILES string of the molecule is COc1cccc(CCNC(=O)c2ccc(C(C)(C)C)cc2)c1. The van der Waals surface area contributed by atoms with Crippen molar-refractivity contribution in [1.29, 1.82) is 0 Å². The molecule has 2 rings (SSSR count). The molecule has 0 spiro atoms. The van der Waals surface area contributed by atoms with Gasteiger partial charge in [0.25, 0.3) is 5.91 Å². The molecule has 23 heavy (non-hydrogen) atoms. The first-order valence-corrected chi connectivity index (χ1v) is 7.92. The summed E-state index contributed by atoms with van der Waals surface area (Å²) in [6.07, 6.45) is 0.781. The third-order valence-electron chi connectivity index (χ3n) is 3.85. The topological polar surface area (TPSA) is 38.3 Å². The molecule has 0 saturated carbocycles. The summed E-state index contributed by atoms with van der Waals surface area (Å²) in [5.41, 5.74) is 3.17. The van der Waals surface area contributed by atoms with Crippen LogP contribution in [0.2, 0.25) is 0 Å². The molecule has 0 unspecified atom stereocenters. The smallest absolute Gasteiger partial charge is 0.251 e. The van der Waals surface area contributed by atoms with Crippen LogP contribution in [0.3, 0.4) is 0 Å². The third kappa shape index (κ3) is 4.85. The molecule has 3 nitrogen and oxygen atoms in total. The first-order valence-electron chi connectivity index (χ1n) is 7.92. The maximum Gasteiger partial charge on any atom is 0.251 e. The number of ether oxygens (including phenoxy) is 1. The van der Waals surface area contributed by atoms with Gasteiger partial charge in [-0.1, -0.05) is 45.0 Å². The van der Waals surface area contributed by atoms with Gasteiger partial charge in [0.05, 0.1) is 7.11 Å². The van der Waals surface area contributed by atoms with E-state index in [9.17, 15) is 4.79 Å². The van der Waals surface area contributed by atoms with Crippen LogP contribution in [0.15, 0.2) is 48.5 Å². The number of amides is 1. The van der Waals surface area contributed by atoms with Crippen LogP contribution in [-0.2, 0) is 11.8 Å². The molecule has 3 heteroatoms. The molecule has 1 N–H and O–H groups in total. The monoisotopic (exact) mass is 311 g/mol. The van der Waals surface area contributed by atoms with Crippen LogP contribution in [0, 0.1) is 0 Å². The van der Waals surface area contributed by atoms with Gasteiger partial charge in [0.1, 0.15) is 5.75 Å². The molecule has 0 fully saturated rings. The maximum absolute atomic E-state index is 12.2. The summed E-state index contributed by atoms with van der Waals surface area (Å²) in [5.74, 6) is 0.806. The Bertz CT molecular complexity index is 654. The van der Waals surface area contributed by atoms with E-state index in [2.05, 4.69) is 26.1 Å². The van der Waals surface area contributed by atoms with E-state index in [0.29, 0.717) is 12.1 Å². The number of rotatable bonds is 5. The summed E-state index contributed by atoms with van der Waals surface area (Å²) < 4.78 is 5.20. The summed E-state index contributed by atoms with van der Waals surface area (Å²) in [7, 11) is 1.65. The van der Waals surface area contributed by atoms with Gasteiger partial charge in [0.15, 0.2) is 0 Å². The normalized spacial score (nSPS) is 11.1. The minimum absolute atomic E-state index is 0.0339. The Morgan fingerprint density at radius 2 is 1.78 bits per heavy atom. The van der Waals surface area contributed by atoms with Gasteiger partial charge in [-0.25, -0.2) is 0 Å². The summed E-state index contributed by atoms with van der Waals surface area (Å²) >= 11 is 0. The Balaban J connectivity index is 1.89. The second-order valence-electron chi connectivity index (χ2n) is 6.68. The summed E-state index contributed by atoms with van der Waals surface area (Å²) in [4.78, 5) is 12.2. The van der Waals surface area contributed by atoms with Crippen LogP contribution in [-0.4, -0.2) is 19.6 Å². The van der Waals surface area contributed by atoms with Gasteiger partial charge in [-0.2, -0.15) is 0 Å². The fourth-order valence-corrected chi connectivity index (χ4v) is 2.37. The van der Waals surface area contributed by atoms with Gasteiger partial charge in [0.2, 0.25) is 0 Å². The van der Waals surface area contributed by atoms with Crippen molar-refractivity contribution in [3.63, 3.8) is 0 Å². The van der Waals surface area contributed by atoms with Crippen LogP contribution < -0.4 is 10.1 Å². The number of hydrogen-bond donors (Lipinski definition) is 1. The van der Waals surface area contributed by atoms with E-state index in [-0.39, 0.29) is 11.3 Å². The highest BCUT2D eigenvalue weighted by Gasteiger charge is 2.14. The van der Waals surface area contributed by atoms with Crippen LogP contribution in [0.25, 0.3) is 0 Å². The summed E-state index contributed by atoms with van der Waals surface area (Å²) in [6.45, 7) is 7.09. The highest BCUT2D eigenvalue weighted by molar-refractivity contribution is 5.94. The lowest BCUT2D eigenvalue weighted by atomic mass is 9.87. The van der Waals surface area contributed by atoms with E-state index in [1.54, 1.807) is 7.11 Å². The van der Waals surface area contributed by atoms with E-state index in [1.165, 1.54) is 5.56 Å². The van der Waals surface area contributed by atoms with Crippen molar-refractivity contribution in [3.05, 3.63) is 65.2 Å². The fraction of sp³-hybridized carbons (Fsp3) is 0.350. The number of carbonyl (C=O) groups is 1. The van der Waals surface area contributed by atoms with E-state index in [0.717, 1.165) is 17.7 Å². The average Bonchev–Trinajstić information content (AvgIpc) is 2.54. The second kappa shape index (κ2) is 7.32. The van der Waals surface area contributed by atoms with Crippen molar-refractivity contribution in [1.82, 2.24) is 5.32 Å². The van der Waals surface area contributed by atoms with E-state index in [4.69, 9.17) is 4.74 Å². The maximum atomic E-state index is 12.2. The Morgan fingerprint density at radius 1 is 1.09 bits per heavy atom. The average molecular weight is 311 g/mol. The largest absolute Gasteiger partial charge is 0.497 e. The van der Waals surface area contributed by atoms with Crippen LogP contribution in [0.4, 0.5) is 0 Å². The third-order valence-corrected chi connectivity index (χ3v) is 3.85. The van der Waals surface area contributed by atoms with Crippen LogP contribution >= 0.6 is 0 Å². The number of hydrogen-bond acceptors (Lipinski definition) is 2. The predicted molar refractivity (Wildman–Crippen MR) is 94.2 cm³/mol. The van der Waals surface area contributed by atoms with E-state index >= 15 is 0 Å². The summed E-state index contributed by atoms with van der Waals surface area (Å²) in [6, 6.07) is 15.7. The van der Waals surface area contributed by atoms with Crippen LogP contribution in [0.1, 0.15) is 42.3 Å². The van der Waals surface area contributed by atoms with Crippen molar-refractivity contribution in [2.45, 2.75) is 32.6 Å². The highest BCUT2D eigenvalue weighted by Crippen LogP contribution is 2.22. The van der Waals surface area contributed by atoms with Crippen LogP contribution in [0.5, 0.6) is 5.75 Å². The van der Waals surface area contributed by atoms with Crippen molar-refractivity contribution in [3.8, 4) is 5.75 Å². The molecule has 2 aromatic rings. The fourth-order valence-electron chi connectivity index (χ4n) is 2.37. The first-order chi connectivity index (χ1) is 10.9. The van der Waals surface area contributed by atoms with Crippen molar-refractivity contribution in [2.24, 2.45) is 0 Å². The van der Waals surface area contributed by atoms with Crippen molar-refractivity contribution in [2.75, 3.05) is 13.7 Å². The Hall–Kier alpha value is -2.29. The Labute approximate surface area is 138 Å². The lowest BCUT2D eigenvalue weighted by Crippen LogP contribution is -2.25. The zero-order valence-corrected chi connectivity index (χ0v) is 14.3. The van der Waals surface area contributed by atoms with Crippen molar-refractivity contribution < 1.29 is 9.53 Å². The molecular weight excluding hydrogens is 286 g/mol. The van der Waals surface area contributed by atoms with E-state index < -0.39 is 0 Å². The molecule has 2 aromatic carbocycles. The number of carbonyl (C=O) groups excluding carboxylic acids is 1. The molecular formula is C20H25NO2. The van der Waals surface area contributed by atoms with Gasteiger partial charge in [-0.15, -0.1) is 0 Å². The lowest BCUT2D eigenvalue weighted by Gasteiger charge is -2.19. The van der Waals surface area contributed by atoms with Gasteiger partial charge >= 0.3 is 0 Å². The molecule has 0 saturated heterocycles. The molecule has 0 aliphatic heterocycles. The Kier molecular flexibility index (Phi) is 5.43. The van der Waals surface area contributed by atoms with Crippen molar-refractivity contribution >= 4 is 5.91 Å². The molecule has 0 aliphatic carbocycles. The first kappa shape index (κ1) is 17.1. The number of methoxy groups -OCH3 is 1. The molecule has 0 aliphatic rings. The predicted octanol–water partition coefficient (Wildman–Crippen LogP) is 3.97. The van der Waals surface area contributed by atoms with Gasteiger partial charge in [-0.05, 0) is 47.2 Å². The molecule has 0 aromatic heterocycles. The standard InChI is InChI=1S/C20H25NO2/c1-20(2,3)17-10-8-16(9-11-17)19(22)21-13-12-15-6-5-7-18(14-15)23-4/h5-11,14H,12-13H2,1-4H3,(H,21,22). The summed E-state index contributed by atoms with van der Waals surface area (Å²) in [5, 5.41) is 2.96. The minimum atomic E-state index is -0.0339. The van der Waals surface area contributed by atoms with Gasteiger partial charge < -0.3 is 10.1 Å². The number of benzene rings is 2. The lowest BCUT2D eigenvalue weighted by molar-refractivity contribution is 0.0954. The zero-order chi connectivity index (χ0) is 16.9. The molecule has 0 radical (unpaired) electrons. The highest BCUT2D eigenvalue weighted by atomic mass is 16.5.